The highest BCUT2D eigenvalue weighted by Gasteiger charge is 2.20. The second kappa shape index (κ2) is 6.99. The van der Waals surface area contributed by atoms with E-state index in [2.05, 4.69) is 27.7 Å². The fraction of sp³-hybridized carbons (Fsp3) is 0.381. The third kappa shape index (κ3) is 4.01. The zero-order valence-electron chi connectivity index (χ0n) is 14.8. The van der Waals surface area contributed by atoms with Crippen LogP contribution in [0.1, 0.15) is 61.2 Å². The molecule has 0 atom stereocenters. The number of rotatable bonds is 5. The van der Waals surface area contributed by atoms with Crippen molar-refractivity contribution in [2.75, 3.05) is 7.11 Å². The Morgan fingerprint density at radius 2 is 1.70 bits per heavy atom. The summed E-state index contributed by atoms with van der Waals surface area (Å²) in [5, 5.41) is 0. The summed E-state index contributed by atoms with van der Waals surface area (Å²) in [5.74, 6) is 0.636. The minimum Gasteiger partial charge on any atom is -0.496 e. The standard InChI is InChI=1S/C21H26O2/c1-6-7-15-8-10-16(11-9-15)20(22)18-14-17(21(2,3)4)12-13-19(18)23-5/h8-14H,6-7H2,1-5H3. The molecule has 0 unspecified atom stereocenters. The van der Waals surface area contributed by atoms with Crippen molar-refractivity contribution in [2.45, 2.75) is 46.0 Å². The van der Waals surface area contributed by atoms with Gasteiger partial charge in [0.15, 0.2) is 5.78 Å². The molecule has 0 saturated carbocycles. The number of hydrogen-bond donors (Lipinski definition) is 0. The SMILES string of the molecule is CCCc1ccc(C(=O)c2cc(C(C)(C)C)ccc2OC)cc1. The van der Waals surface area contributed by atoms with Gasteiger partial charge in [-0.3, -0.25) is 4.79 Å². The number of hydrogen-bond acceptors (Lipinski definition) is 2. The van der Waals surface area contributed by atoms with Gasteiger partial charge in [0.1, 0.15) is 5.75 Å². The van der Waals surface area contributed by atoms with E-state index >= 15 is 0 Å². The zero-order chi connectivity index (χ0) is 17.0. The first-order valence-corrected chi connectivity index (χ1v) is 8.19. The van der Waals surface area contributed by atoms with E-state index in [-0.39, 0.29) is 11.2 Å². The average molecular weight is 310 g/mol. The molecule has 0 fully saturated rings. The van der Waals surface area contributed by atoms with Gasteiger partial charge in [0.25, 0.3) is 0 Å². The maximum Gasteiger partial charge on any atom is 0.196 e. The third-order valence-corrected chi connectivity index (χ3v) is 4.06. The van der Waals surface area contributed by atoms with E-state index in [1.165, 1.54) is 5.56 Å². The van der Waals surface area contributed by atoms with E-state index in [0.29, 0.717) is 16.9 Å². The highest BCUT2D eigenvalue weighted by molar-refractivity contribution is 6.10. The Bertz CT molecular complexity index is 676. The van der Waals surface area contributed by atoms with Gasteiger partial charge in [-0.2, -0.15) is 0 Å². The quantitative estimate of drug-likeness (QED) is 0.712. The molecule has 2 aromatic rings. The van der Waals surface area contributed by atoms with Crippen molar-refractivity contribution < 1.29 is 9.53 Å². The van der Waals surface area contributed by atoms with Crippen molar-refractivity contribution in [1.29, 1.82) is 0 Å². The van der Waals surface area contributed by atoms with Crippen LogP contribution < -0.4 is 4.74 Å². The summed E-state index contributed by atoms with van der Waals surface area (Å²) in [4.78, 5) is 12.9. The van der Waals surface area contributed by atoms with Crippen LogP contribution in [-0.4, -0.2) is 12.9 Å². The Balaban J connectivity index is 2.40. The summed E-state index contributed by atoms with van der Waals surface area (Å²) in [7, 11) is 1.60. The fourth-order valence-electron chi connectivity index (χ4n) is 2.62. The first-order chi connectivity index (χ1) is 10.9. The summed E-state index contributed by atoms with van der Waals surface area (Å²) in [5.41, 5.74) is 3.72. The molecular weight excluding hydrogens is 284 g/mol. The van der Waals surface area contributed by atoms with Crippen LogP contribution in [0.25, 0.3) is 0 Å². The number of ketones is 1. The molecule has 0 aliphatic rings. The van der Waals surface area contributed by atoms with Crippen molar-refractivity contribution in [2.24, 2.45) is 0 Å². The number of ether oxygens (including phenoxy) is 1. The molecule has 0 amide bonds. The molecule has 0 spiro atoms. The van der Waals surface area contributed by atoms with Crippen molar-refractivity contribution in [3.8, 4) is 5.75 Å². The number of aryl methyl sites for hydroxylation is 1. The predicted octanol–water partition coefficient (Wildman–Crippen LogP) is 5.18. The first kappa shape index (κ1) is 17.3. The van der Waals surface area contributed by atoms with Crippen LogP contribution in [-0.2, 0) is 11.8 Å². The van der Waals surface area contributed by atoms with E-state index in [0.717, 1.165) is 18.4 Å². The van der Waals surface area contributed by atoms with Crippen molar-refractivity contribution >= 4 is 5.78 Å². The molecule has 0 heterocycles. The number of carbonyl (C=O) groups is 1. The lowest BCUT2D eigenvalue weighted by Gasteiger charge is -2.20. The molecule has 0 aliphatic heterocycles. The molecule has 0 bridgehead atoms. The Morgan fingerprint density at radius 3 is 2.22 bits per heavy atom. The van der Waals surface area contributed by atoms with Crippen molar-refractivity contribution in [1.82, 2.24) is 0 Å². The van der Waals surface area contributed by atoms with E-state index in [1.807, 2.05) is 42.5 Å². The second-order valence-electron chi connectivity index (χ2n) is 6.94. The van der Waals surface area contributed by atoms with Gasteiger partial charge in [-0.1, -0.05) is 64.4 Å². The first-order valence-electron chi connectivity index (χ1n) is 8.19. The highest BCUT2D eigenvalue weighted by Crippen LogP contribution is 2.29. The largest absolute Gasteiger partial charge is 0.496 e. The number of benzene rings is 2. The fourth-order valence-corrected chi connectivity index (χ4v) is 2.62. The lowest BCUT2D eigenvalue weighted by Crippen LogP contribution is -2.13. The molecule has 2 aromatic carbocycles. The summed E-state index contributed by atoms with van der Waals surface area (Å²) < 4.78 is 5.40. The molecule has 0 aliphatic carbocycles. The molecule has 0 N–H and O–H groups in total. The molecule has 0 radical (unpaired) electrons. The van der Waals surface area contributed by atoms with Crippen LogP contribution >= 0.6 is 0 Å². The molecule has 0 saturated heterocycles. The van der Waals surface area contributed by atoms with Crippen LogP contribution in [0.15, 0.2) is 42.5 Å². The molecule has 23 heavy (non-hydrogen) atoms. The Morgan fingerprint density at radius 1 is 1.04 bits per heavy atom. The van der Waals surface area contributed by atoms with Gasteiger partial charge >= 0.3 is 0 Å². The summed E-state index contributed by atoms with van der Waals surface area (Å²) >= 11 is 0. The second-order valence-corrected chi connectivity index (χ2v) is 6.94. The topological polar surface area (TPSA) is 26.3 Å². The Labute approximate surface area is 139 Å². The summed E-state index contributed by atoms with van der Waals surface area (Å²) in [6.07, 6.45) is 2.14. The van der Waals surface area contributed by atoms with E-state index in [1.54, 1.807) is 7.11 Å². The predicted molar refractivity (Wildman–Crippen MR) is 95.6 cm³/mol. The van der Waals surface area contributed by atoms with Crippen LogP contribution in [0.5, 0.6) is 5.75 Å². The van der Waals surface area contributed by atoms with Gasteiger partial charge in [0, 0.05) is 5.56 Å². The van der Waals surface area contributed by atoms with Crippen LogP contribution in [0.2, 0.25) is 0 Å². The molecule has 2 heteroatoms. The van der Waals surface area contributed by atoms with E-state index < -0.39 is 0 Å². The maximum absolute atomic E-state index is 12.9. The summed E-state index contributed by atoms with van der Waals surface area (Å²) in [6.45, 7) is 8.58. The normalized spacial score (nSPS) is 11.3. The smallest absolute Gasteiger partial charge is 0.196 e. The molecular formula is C21H26O2. The number of methoxy groups -OCH3 is 1. The molecule has 0 aromatic heterocycles. The lowest BCUT2D eigenvalue weighted by molar-refractivity contribution is 0.103. The van der Waals surface area contributed by atoms with Crippen molar-refractivity contribution in [3.05, 3.63) is 64.7 Å². The highest BCUT2D eigenvalue weighted by atomic mass is 16.5. The van der Waals surface area contributed by atoms with Gasteiger partial charge in [0.05, 0.1) is 12.7 Å². The average Bonchev–Trinajstić information content (AvgIpc) is 2.53. The van der Waals surface area contributed by atoms with Crippen LogP contribution in [0.4, 0.5) is 0 Å². The maximum atomic E-state index is 12.9. The van der Waals surface area contributed by atoms with E-state index in [4.69, 9.17) is 4.74 Å². The minimum absolute atomic E-state index is 0.00765. The minimum atomic E-state index is -0.00765. The van der Waals surface area contributed by atoms with Gasteiger partial charge < -0.3 is 4.74 Å². The van der Waals surface area contributed by atoms with Gasteiger partial charge in [0.2, 0.25) is 0 Å². The van der Waals surface area contributed by atoms with Crippen molar-refractivity contribution in [3.63, 3.8) is 0 Å². The molecule has 122 valence electrons. The zero-order valence-corrected chi connectivity index (χ0v) is 14.8. The molecule has 2 nitrogen and oxygen atoms in total. The van der Waals surface area contributed by atoms with Crippen LogP contribution in [0, 0.1) is 0 Å². The number of carbonyl (C=O) groups excluding carboxylic acids is 1. The van der Waals surface area contributed by atoms with Gasteiger partial charge in [-0.25, -0.2) is 0 Å². The summed E-state index contributed by atoms with van der Waals surface area (Å²) in [6, 6.07) is 13.8. The monoisotopic (exact) mass is 310 g/mol. The Hall–Kier alpha value is -2.09. The van der Waals surface area contributed by atoms with Gasteiger partial charge in [-0.15, -0.1) is 0 Å². The Kier molecular flexibility index (Phi) is 5.25. The molecule has 2 rings (SSSR count). The van der Waals surface area contributed by atoms with E-state index in [9.17, 15) is 4.79 Å². The third-order valence-electron chi connectivity index (χ3n) is 4.06. The van der Waals surface area contributed by atoms with Gasteiger partial charge in [-0.05, 0) is 35.1 Å². The lowest BCUT2D eigenvalue weighted by atomic mass is 9.85. The van der Waals surface area contributed by atoms with Crippen LogP contribution in [0.3, 0.4) is 0 Å².